The summed E-state index contributed by atoms with van der Waals surface area (Å²) in [4.78, 5) is 16.7. The van der Waals surface area contributed by atoms with Crippen LogP contribution >= 0.6 is 11.6 Å². The van der Waals surface area contributed by atoms with Gasteiger partial charge in [-0.2, -0.15) is 8.78 Å². The van der Waals surface area contributed by atoms with Gasteiger partial charge in [0.2, 0.25) is 0 Å². The van der Waals surface area contributed by atoms with Crippen LogP contribution in [0.5, 0.6) is 5.75 Å². The molecule has 1 aliphatic rings. The van der Waals surface area contributed by atoms with Crippen molar-refractivity contribution in [1.82, 2.24) is 10.3 Å². The predicted molar refractivity (Wildman–Crippen MR) is 96.0 cm³/mol. The van der Waals surface area contributed by atoms with E-state index in [9.17, 15) is 13.6 Å². The first kappa shape index (κ1) is 18.8. The molecule has 1 fully saturated rings. The Morgan fingerprint density at radius 3 is 2.92 bits per heavy atom. The topological polar surface area (TPSA) is 60.5 Å². The molecule has 1 aliphatic heterocycles. The lowest BCUT2D eigenvalue weighted by Crippen LogP contribution is -2.45. The summed E-state index contributed by atoms with van der Waals surface area (Å²) >= 11 is 5.97. The zero-order valence-corrected chi connectivity index (χ0v) is 15.1. The molecule has 26 heavy (non-hydrogen) atoms. The van der Waals surface area contributed by atoms with Crippen molar-refractivity contribution in [3.05, 3.63) is 35.0 Å². The number of aromatic nitrogens is 1. The summed E-state index contributed by atoms with van der Waals surface area (Å²) in [6.45, 7) is 1.60. The number of carbonyl (C=O) groups excluding carboxylic acids is 1. The van der Waals surface area contributed by atoms with Gasteiger partial charge in [0.15, 0.2) is 0 Å². The van der Waals surface area contributed by atoms with Crippen molar-refractivity contribution in [2.75, 3.05) is 6.61 Å². The largest absolute Gasteiger partial charge is 0.433 e. The average Bonchev–Trinajstić information content (AvgIpc) is 2.53. The Morgan fingerprint density at radius 2 is 2.23 bits per heavy atom. The van der Waals surface area contributed by atoms with Crippen molar-refractivity contribution >= 4 is 28.4 Å². The van der Waals surface area contributed by atoms with Crippen LogP contribution in [-0.2, 0) is 4.74 Å². The molecule has 1 aromatic heterocycles. The summed E-state index contributed by atoms with van der Waals surface area (Å²) < 4.78 is 34.8. The zero-order chi connectivity index (χ0) is 18.9. The molecule has 142 valence electrons. The van der Waals surface area contributed by atoms with E-state index in [1.165, 1.54) is 18.3 Å². The number of hydrogen-bond donors (Lipinski definition) is 1. The van der Waals surface area contributed by atoms with Gasteiger partial charge in [-0.05, 0) is 38.8 Å². The molecule has 8 heteroatoms. The van der Waals surface area contributed by atoms with Crippen LogP contribution in [-0.4, -0.2) is 35.8 Å². The van der Waals surface area contributed by atoms with E-state index in [2.05, 4.69) is 15.0 Å². The Hall–Kier alpha value is -1.99. The van der Waals surface area contributed by atoms with Crippen molar-refractivity contribution in [2.45, 2.75) is 44.9 Å². The first-order chi connectivity index (χ1) is 12.2. The van der Waals surface area contributed by atoms with Crippen molar-refractivity contribution < 1.29 is 24.5 Å². The number of nitrogens with one attached hydrogen (secondary N) is 1. The van der Waals surface area contributed by atoms with Crippen LogP contribution in [0.25, 0.3) is 10.9 Å². The number of carbonyl (C=O) groups is 1. The Kier molecular flexibility index (Phi) is 5.29. The number of benzene rings is 1. The molecule has 0 aliphatic carbocycles. The second-order valence-corrected chi connectivity index (χ2v) is 7.26. The number of alkyl halides is 2. The van der Waals surface area contributed by atoms with Gasteiger partial charge in [0.1, 0.15) is 5.75 Å². The van der Waals surface area contributed by atoms with E-state index in [1.54, 1.807) is 6.07 Å². The van der Waals surface area contributed by atoms with Crippen LogP contribution in [0.2, 0.25) is 5.02 Å². The van der Waals surface area contributed by atoms with Crippen LogP contribution in [0, 0.1) is 0 Å². The van der Waals surface area contributed by atoms with Crippen molar-refractivity contribution in [3.8, 4) is 5.75 Å². The lowest BCUT2D eigenvalue weighted by molar-refractivity contribution is -0.0615. The number of nitrogens with zero attached hydrogens (tertiary/aromatic N) is 1. The highest BCUT2D eigenvalue weighted by Crippen LogP contribution is 2.31. The molecular formula is C18H21ClF2N2O3. The summed E-state index contributed by atoms with van der Waals surface area (Å²) in [6.07, 6.45) is 2.87. The third kappa shape index (κ3) is 4.40. The van der Waals surface area contributed by atoms with Crippen LogP contribution in [0.3, 0.4) is 0 Å². The van der Waals surface area contributed by atoms with E-state index in [1.807, 2.05) is 13.8 Å². The van der Waals surface area contributed by atoms with E-state index in [-0.39, 0.29) is 29.7 Å². The lowest BCUT2D eigenvalue weighted by atomic mass is 9.94. The Labute approximate surface area is 156 Å². The van der Waals surface area contributed by atoms with Gasteiger partial charge in [-0.15, -0.1) is 0 Å². The zero-order valence-electron chi connectivity index (χ0n) is 14.4. The maximum atomic E-state index is 12.5. The van der Waals surface area contributed by atoms with Gasteiger partial charge in [0, 0.05) is 31.7 Å². The highest BCUT2D eigenvalue weighted by atomic mass is 35.5. The molecule has 5 nitrogen and oxygen atoms in total. The number of amides is 1. The van der Waals surface area contributed by atoms with Crippen molar-refractivity contribution in [1.29, 1.82) is 0 Å². The van der Waals surface area contributed by atoms with Gasteiger partial charge in [-0.3, -0.25) is 9.78 Å². The molecule has 1 amide bonds. The van der Waals surface area contributed by atoms with Crippen molar-refractivity contribution in [3.63, 3.8) is 0 Å². The molecule has 0 spiro atoms. The van der Waals surface area contributed by atoms with Crippen LogP contribution in [0.1, 0.15) is 38.5 Å². The lowest BCUT2D eigenvalue weighted by Gasteiger charge is -2.35. The second-order valence-electron chi connectivity index (χ2n) is 6.85. The van der Waals surface area contributed by atoms with Gasteiger partial charge in [-0.25, -0.2) is 0 Å². The quantitative estimate of drug-likeness (QED) is 0.844. The number of rotatable bonds is 4. The fourth-order valence-electron chi connectivity index (χ4n) is 3.06. The first-order valence-electron chi connectivity index (χ1n) is 8.22. The minimum absolute atomic E-state index is 0. The standard InChI is InChI=1S/C18H19ClF2N2O3.H2/c1-18(2)8-12(3-4-25-18)23-16(24)11-5-10-6-13(19)15(26-17(20)21)7-14(10)22-9-11;/h5-7,9,12,17H,3-4,8H2,1-2H3,(H,23,24);1H. The molecule has 1 aromatic carbocycles. The van der Waals surface area contributed by atoms with Crippen LogP contribution < -0.4 is 10.1 Å². The van der Waals surface area contributed by atoms with E-state index >= 15 is 0 Å². The molecule has 1 atom stereocenters. The minimum Gasteiger partial charge on any atom is -0.433 e. The Balaban J connectivity index is 0.00000261. The molecule has 0 bridgehead atoms. The van der Waals surface area contributed by atoms with Crippen LogP contribution in [0.15, 0.2) is 24.4 Å². The fraction of sp³-hybridized carbons (Fsp3) is 0.444. The maximum Gasteiger partial charge on any atom is 0.387 e. The Bertz CT molecular complexity index is 836. The third-order valence-corrected chi connectivity index (χ3v) is 4.54. The number of ether oxygens (including phenoxy) is 2. The summed E-state index contributed by atoms with van der Waals surface area (Å²) in [5.41, 5.74) is 0.515. The number of fused-ring (bicyclic) bond motifs is 1. The normalized spacial score (nSPS) is 19.5. The highest BCUT2D eigenvalue weighted by molar-refractivity contribution is 6.32. The monoisotopic (exact) mass is 386 g/mol. The molecule has 1 unspecified atom stereocenters. The minimum atomic E-state index is -2.97. The molecule has 0 radical (unpaired) electrons. The average molecular weight is 387 g/mol. The third-order valence-electron chi connectivity index (χ3n) is 4.25. The summed E-state index contributed by atoms with van der Waals surface area (Å²) in [5, 5.41) is 3.59. The summed E-state index contributed by atoms with van der Waals surface area (Å²) in [5.74, 6) is -0.394. The molecule has 2 heterocycles. The SMILES string of the molecule is CC1(C)CC(NC(=O)c2cnc3cc(OC(F)F)c(Cl)cc3c2)CCO1.[HH]. The summed E-state index contributed by atoms with van der Waals surface area (Å²) in [6, 6.07) is 4.43. The van der Waals surface area contributed by atoms with E-state index in [0.29, 0.717) is 23.1 Å². The van der Waals surface area contributed by atoms with E-state index in [4.69, 9.17) is 16.3 Å². The van der Waals surface area contributed by atoms with Gasteiger partial charge < -0.3 is 14.8 Å². The van der Waals surface area contributed by atoms with Crippen molar-refractivity contribution in [2.24, 2.45) is 0 Å². The smallest absolute Gasteiger partial charge is 0.387 e. The fourth-order valence-corrected chi connectivity index (χ4v) is 3.28. The second kappa shape index (κ2) is 7.32. The van der Waals surface area contributed by atoms with Gasteiger partial charge in [0.25, 0.3) is 5.91 Å². The molecule has 3 rings (SSSR count). The number of pyridine rings is 1. The molecular weight excluding hydrogens is 366 g/mol. The first-order valence-corrected chi connectivity index (χ1v) is 8.60. The number of hydrogen-bond acceptors (Lipinski definition) is 4. The number of halogens is 3. The van der Waals surface area contributed by atoms with Gasteiger partial charge in [-0.1, -0.05) is 11.6 Å². The van der Waals surface area contributed by atoms with E-state index in [0.717, 1.165) is 12.8 Å². The maximum absolute atomic E-state index is 12.5. The Morgan fingerprint density at radius 1 is 1.46 bits per heavy atom. The molecule has 1 N–H and O–H groups in total. The van der Waals surface area contributed by atoms with E-state index < -0.39 is 6.61 Å². The molecule has 0 saturated carbocycles. The van der Waals surface area contributed by atoms with Crippen LogP contribution in [0.4, 0.5) is 8.78 Å². The van der Waals surface area contributed by atoms with Gasteiger partial charge in [0.05, 0.1) is 21.7 Å². The highest BCUT2D eigenvalue weighted by Gasteiger charge is 2.29. The molecule has 2 aromatic rings. The van der Waals surface area contributed by atoms with Gasteiger partial charge >= 0.3 is 6.61 Å². The predicted octanol–water partition coefficient (Wildman–Crippen LogP) is 4.42. The summed E-state index contributed by atoms with van der Waals surface area (Å²) in [7, 11) is 0. The molecule has 1 saturated heterocycles.